The molecule has 2 fully saturated rings. The number of carbonyl (C=O) groups excluding carboxylic acids is 2. The molecule has 2 saturated heterocycles. The number of amides is 2. The Bertz CT molecular complexity index is 1130. The van der Waals surface area contributed by atoms with Crippen molar-refractivity contribution >= 4 is 11.8 Å². The van der Waals surface area contributed by atoms with Crippen LogP contribution in [0.2, 0.25) is 0 Å². The van der Waals surface area contributed by atoms with Crippen molar-refractivity contribution in [2.24, 2.45) is 13.0 Å². The van der Waals surface area contributed by atoms with Crippen molar-refractivity contribution in [1.29, 1.82) is 0 Å². The first-order chi connectivity index (χ1) is 16.4. The monoisotopic (exact) mass is 500 g/mol. The third-order valence-electron chi connectivity index (χ3n) is 6.69. The van der Waals surface area contributed by atoms with Crippen molar-refractivity contribution in [3.05, 3.63) is 52.3 Å². The summed E-state index contributed by atoms with van der Waals surface area (Å²) in [6.07, 6.45) is -2.64. The number of nitrogens with one attached hydrogen (secondary N) is 1. The van der Waals surface area contributed by atoms with Crippen LogP contribution in [0.3, 0.4) is 0 Å². The van der Waals surface area contributed by atoms with Gasteiger partial charge in [0.15, 0.2) is 0 Å². The molecule has 0 saturated carbocycles. The molecule has 0 spiro atoms. The molecular weight excluding hydrogens is 475 g/mol. The molecule has 35 heavy (non-hydrogen) atoms. The van der Waals surface area contributed by atoms with E-state index < -0.39 is 52.8 Å². The van der Waals surface area contributed by atoms with Crippen molar-refractivity contribution in [1.82, 2.24) is 20.0 Å². The highest BCUT2D eigenvalue weighted by Crippen LogP contribution is 2.37. The van der Waals surface area contributed by atoms with Crippen LogP contribution in [0.15, 0.2) is 18.3 Å². The lowest BCUT2D eigenvalue weighted by molar-refractivity contribution is -0.140. The third-order valence-corrected chi connectivity index (χ3v) is 6.69. The number of aryl methyl sites for hydroxylation is 2. The second kappa shape index (κ2) is 9.21. The molecule has 190 valence electrons. The summed E-state index contributed by atoms with van der Waals surface area (Å²) < 4.78 is 74.6. The molecule has 0 unspecified atom stereocenters. The van der Waals surface area contributed by atoms with Gasteiger partial charge in [-0.05, 0) is 44.4 Å². The first kappa shape index (κ1) is 25.1. The highest BCUT2D eigenvalue weighted by Gasteiger charge is 2.43. The number of nitrogens with zero attached hydrogens (tertiary/aromatic N) is 3. The molecule has 3 heterocycles. The van der Waals surface area contributed by atoms with E-state index in [0.717, 1.165) is 0 Å². The molecule has 0 bridgehead atoms. The highest BCUT2D eigenvalue weighted by atomic mass is 19.4. The zero-order valence-corrected chi connectivity index (χ0v) is 19.3. The van der Waals surface area contributed by atoms with E-state index in [1.165, 1.54) is 15.8 Å². The number of rotatable bonds is 5. The number of aromatic nitrogens is 2. The molecular formula is C23H25F5N4O3. The molecule has 0 radical (unpaired) electrons. The summed E-state index contributed by atoms with van der Waals surface area (Å²) >= 11 is 0. The maximum Gasteiger partial charge on any atom is 0.419 e. The van der Waals surface area contributed by atoms with Crippen molar-refractivity contribution in [3.63, 3.8) is 0 Å². The van der Waals surface area contributed by atoms with Crippen molar-refractivity contribution in [2.75, 3.05) is 13.2 Å². The molecule has 2 amide bonds. The molecule has 1 aromatic carbocycles. The number of halogens is 5. The molecule has 0 aliphatic carbocycles. The number of alkyl halides is 3. The summed E-state index contributed by atoms with van der Waals surface area (Å²) in [6, 6.07) is -1.71. The first-order valence-corrected chi connectivity index (χ1v) is 11.2. The van der Waals surface area contributed by atoms with Gasteiger partial charge in [0.1, 0.15) is 23.4 Å². The van der Waals surface area contributed by atoms with Crippen LogP contribution in [-0.2, 0) is 22.8 Å². The summed E-state index contributed by atoms with van der Waals surface area (Å²) in [5, 5.41) is 6.73. The first-order valence-electron chi connectivity index (χ1n) is 11.2. The maximum absolute atomic E-state index is 14.8. The Morgan fingerprint density at radius 2 is 1.86 bits per heavy atom. The number of benzene rings is 1. The van der Waals surface area contributed by atoms with Gasteiger partial charge in [0.25, 0.3) is 5.91 Å². The van der Waals surface area contributed by atoms with Gasteiger partial charge in [0.05, 0.1) is 31.0 Å². The minimum Gasteiger partial charge on any atom is -0.381 e. The van der Waals surface area contributed by atoms with Crippen LogP contribution in [0, 0.1) is 24.5 Å². The summed E-state index contributed by atoms with van der Waals surface area (Å²) in [5.41, 5.74) is -1.15. The van der Waals surface area contributed by atoms with E-state index in [4.69, 9.17) is 4.74 Å². The van der Waals surface area contributed by atoms with Gasteiger partial charge in [-0.2, -0.15) is 18.3 Å². The van der Waals surface area contributed by atoms with E-state index in [9.17, 15) is 31.5 Å². The van der Waals surface area contributed by atoms with Crippen molar-refractivity contribution in [3.8, 4) is 0 Å². The van der Waals surface area contributed by atoms with Gasteiger partial charge in [0.2, 0.25) is 5.91 Å². The molecule has 1 N–H and O–H groups in total. The van der Waals surface area contributed by atoms with Gasteiger partial charge in [-0.15, -0.1) is 0 Å². The highest BCUT2D eigenvalue weighted by molar-refractivity contribution is 5.98. The summed E-state index contributed by atoms with van der Waals surface area (Å²) in [7, 11) is 1.62. The van der Waals surface area contributed by atoms with Crippen LogP contribution < -0.4 is 5.32 Å². The van der Waals surface area contributed by atoms with E-state index >= 15 is 0 Å². The smallest absolute Gasteiger partial charge is 0.381 e. The number of carbonyl (C=O) groups is 2. The normalized spacial score (nSPS) is 21.7. The van der Waals surface area contributed by atoms with E-state index in [2.05, 4.69) is 10.4 Å². The summed E-state index contributed by atoms with van der Waals surface area (Å²) in [4.78, 5) is 28.1. The minimum atomic E-state index is -5.06. The Balaban J connectivity index is 1.62. The van der Waals surface area contributed by atoms with Crippen LogP contribution >= 0.6 is 0 Å². The zero-order chi connectivity index (χ0) is 25.7. The van der Waals surface area contributed by atoms with Crippen LogP contribution in [0.5, 0.6) is 0 Å². The summed E-state index contributed by atoms with van der Waals surface area (Å²) in [5.74, 6) is -4.37. The molecule has 1 aromatic heterocycles. The number of likely N-dealkylation sites (tertiary alicyclic amines) is 1. The molecule has 2 aromatic rings. The Kier molecular flexibility index (Phi) is 6.60. The van der Waals surface area contributed by atoms with E-state index in [1.807, 2.05) is 0 Å². The Labute approximate surface area is 198 Å². The van der Waals surface area contributed by atoms with Crippen LogP contribution in [-0.4, -0.2) is 51.8 Å². The standard InChI is InChI=1S/C23H25F5N4O3/c1-11-8-29-31(3)20(11)22(34)32-12(2)4-5-18(32)21(33)30-19(13-9-35-10-13)14-6-17(25)15(7-16(14)24)23(26,27)28/h6-8,12-13,18-19H,4-5,9-10H2,1-3H3,(H,30,33)/t12-,18-,19-/m1/s1. The van der Waals surface area contributed by atoms with Crippen LogP contribution in [0.4, 0.5) is 22.0 Å². The van der Waals surface area contributed by atoms with Crippen molar-refractivity contribution in [2.45, 2.75) is 51.0 Å². The van der Waals surface area contributed by atoms with E-state index in [1.54, 1.807) is 20.9 Å². The fourth-order valence-electron chi connectivity index (χ4n) is 4.72. The van der Waals surface area contributed by atoms with Crippen molar-refractivity contribution < 1.29 is 36.3 Å². The van der Waals surface area contributed by atoms with E-state index in [0.29, 0.717) is 30.2 Å². The predicted octanol–water partition coefficient (Wildman–Crippen LogP) is 3.52. The lowest BCUT2D eigenvalue weighted by Gasteiger charge is -2.36. The number of ether oxygens (including phenoxy) is 1. The average molecular weight is 500 g/mol. The Morgan fingerprint density at radius 1 is 1.17 bits per heavy atom. The van der Waals surface area contributed by atoms with Gasteiger partial charge in [-0.3, -0.25) is 14.3 Å². The van der Waals surface area contributed by atoms with Gasteiger partial charge in [-0.1, -0.05) is 0 Å². The Morgan fingerprint density at radius 3 is 2.40 bits per heavy atom. The van der Waals surface area contributed by atoms with E-state index in [-0.39, 0.29) is 31.2 Å². The number of hydrogen-bond donors (Lipinski definition) is 1. The van der Waals surface area contributed by atoms with Crippen LogP contribution in [0.25, 0.3) is 0 Å². The Hall–Kier alpha value is -3.02. The maximum atomic E-state index is 14.8. The van der Waals surface area contributed by atoms with Gasteiger partial charge in [-0.25, -0.2) is 8.78 Å². The molecule has 2 aliphatic heterocycles. The third kappa shape index (κ3) is 4.63. The average Bonchev–Trinajstić information content (AvgIpc) is 3.28. The molecule has 2 aliphatic rings. The minimum absolute atomic E-state index is 0.0992. The topological polar surface area (TPSA) is 76.5 Å². The quantitative estimate of drug-likeness (QED) is 0.638. The lowest BCUT2D eigenvalue weighted by atomic mass is 9.90. The molecule has 12 heteroatoms. The molecule has 3 atom stereocenters. The fourth-order valence-corrected chi connectivity index (χ4v) is 4.72. The molecule has 7 nitrogen and oxygen atoms in total. The second-order valence-electron chi connectivity index (χ2n) is 9.09. The summed E-state index contributed by atoms with van der Waals surface area (Å²) in [6.45, 7) is 3.76. The number of hydrogen-bond acceptors (Lipinski definition) is 4. The predicted molar refractivity (Wildman–Crippen MR) is 113 cm³/mol. The zero-order valence-electron chi connectivity index (χ0n) is 19.3. The SMILES string of the molecule is Cc1cnn(C)c1C(=O)N1[C@H](C)CC[C@@H]1C(=O)N[C@@H](c1cc(F)c(C(F)(F)F)cc1F)C1COC1. The molecule has 4 rings (SSSR count). The van der Waals surface area contributed by atoms with Crippen LogP contribution in [0.1, 0.15) is 53.0 Å². The largest absolute Gasteiger partial charge is 0.419 e. The second-order valence-corrected chi connectivity index (χ2v) is 9.09. The fraction of sp³-hybridized carbons (Fsp3) is 0.522. The lowest BCUT2D eigenvalue weighted by Crippen LogP contribution is -2.52. The van der Waals surface area contributed by atoms with Gasteiger partial charge in [0, 0.05) is 24.6 Å². The van der Waals surface area contributed by atoms with Gasteiger partial charge >= 0.3 is 6.18 Å². The van der Waals surface area contributed by atoms with Gasteiger partial charge < -0.3 is 15.0 Å².